The van der Waals surface area contributed by atoms with Gasteiger partial charge in [-0.05, 0) is 43.0 Å². The summed E-state index contributed by atoms with van der Waals surface area (Å²) >= 11 is 0. The molecule has 7 nitrogen and oxygen atoms in total. The zero-order chi connectivity index (χ0) is 19.0. The van der Waals surface area contributed by atoms with Gasteiger partial charge in [0.05, 0.1) is 0 Å². The molecule has 0 unspecified atom stereocenters. The highest BCUT2D eigenvalue weighted by atomic mass is 19.1. The number of carbonyl (C=O) groups excluding carboxylic acids is 1. The van der Waals surface area contributed by atoms with E-state index in [1.54, 1.807) is 17.0 Å². The zero-order valence-corrected chi connectivity index (χ0v) is 15.2. The molecule has 2 atom stereocenters. The standard InChI is InChI=1S/C19H22FN5O2/c1-12-4-2-3-5-15(12)21-17(26)16-18(27)25-11-10-24(19(25)23-22-16)14-8-6-13(20)7-9-14/h6-9,12,15H,2-5,10-11H2,1H3,(H,21,26)/t12-,15-/m1/s1. The first-order valence-corrected chi connectivity index (χ1v) is 9.36. The van der Waals surface area contributed by atoms with Crippen LogP contribution >= 0.6 is 0 Å². The van der Waals surface area contributed by atoms with Crippen LogP contribution in [0.1, 0.15) is 43.1 Å². The minimum Gasteiger partial charge on any atom is -0.347 e. The molecule has 1 amide bonds. The van der Waals surface area contributed by atoms with Crippen molar-refractivity contribution >= 4 is 17.5 Å². The number of hydrogen-bond donors (Lipinski definition) is 1. The Balaban J connectivity index is 1.58. The van der Waals surface area contributed by atoms with Crippen molar-refractivity contribution in [3.63, 3.8) is 0 Å². The summed E-state index contributed by atoms with van der Waals surface area (Å²) in [5.74, 6) is -0.0248. The predicted octanol–water partition coefficient (Wildman–Crippen LogP) is 2.24. The summed E-state index contributed by atoms with van der Waals surface area (Å²) in [7, 11) is 0. The molecule has 0 radical (unpaired) electrons. The quantitative estimate of drug-likeness (QED) is 0.895. The van der Waals surface area contributed by atoms with Gasteiger partial charge in [0.25, 0.3) is 11.5 Å². The molecule has 27 heavy (non-hydrogen) atoms. The lowest BCUT2D eigenvalue weighted by atomic mass is 9.86. The van der Waals surface area contributed by atoms with Crippen LogP contribution in [0.4, 0.5) is 16.0 Å². The maximum Gasteiger partial charge on any atom is 0.286 e. The van der Waals surface area contributed by atoms with E-state index >= 15 is 0 Å². The number of benzene rings is 1. The van der Waals surface area contributed by atoms with Gasteiger partial charge in [-0.1, -0.05) is 19.8 Å². The van der Waals surface area contributed by atoms with Gasteiger partial charge in [0, 0.05) is 24.8 Å². The Morgan fingerprint density at radius 1 is 1.15 bits per heavy atom. The number of amides is 1. The third kappa shape index (κ3) is 3.31. The molecule has 4 rings (SSSR count). The van der Waals surface area contributed by atoms with Gasteiger partial charge >= 0.3 is 0 Å². The second-order valence-corrected chi connectivity index (χ2v) is 7.28. The molecule has 1 aromatic heterocycles. The minimum atomic E-state index is -0.457. The first-order valence-electron chi connectivity index (χ1n) is 9.36. The molecule has 1 aliphatic carbocycles. The van der Waals surface area contributed by atoms with Crippen LogP contribution in [0.2, 0.25) is 0 Å². The van der Waals surface area contributed by atoms with E-state index in [1.165, 1.54) is 23.1 Å². The molecule has 1 saturated carbocycles. The molecule has 1 aromatic carbocycles. The third-order valence-electron chi connectivity index (χ3n) is 5.50. The third-order valence-corrected chi connectivity index (χ3v) is 5.50. The first kappa shape index (κ1) is 17.6. The van der Waals surface area contributed by atoms with Gasteiger partial charge < -0.3 is 10.2 Å². The van der Waals surface area contributed by atoms with Gasteiger partial charge in [-0.25, -0.2) is 4.39 Å². The molecule has 1 fully saturated rings. The Hall–Kier alpha value is -2.77. The molecule has 0 bridgehead atoms. The molecule has 2 aliphatic rings. The van der Waals surface area contributed by atoms with Crippen LogP contribution in [0.5, 0.6) is 0 Å². The molecule has 1 aliphatic heterocycles. The largest absolute Gasteiger partial charge is 0.347 e. The molecular formula is C19H22FN5O2. The number of nitrogens with one attached hydrogen (secondary N) is 1. The Kier molecular flexibility index (Phi) is 4.63. The van der Waals surface area contributed by atoms with Gasteiger partial charge in [-0.3, -0.25) is 14.2 Å². The van der Waals surface area contributed by atoms with Crippen molar-refractivity contribution in [2.45, 2.75) is 45.2 Å². The van der Waals surface area contributed by atoms with E-state index in [1.807, 2.05) is 0 Å². The lowest BCUT2D eigenvalue weighted by molar-refractivity contribution is 0.0901. The summed E-state index contributed by atoms with van der Waals surface area (Å²) < 4.78 is 14.6. The Morgan fingerprint density at radius 2 is 1.89 bits per heavy atom. The van der Waals surface area contributed by atoms with E-state index in [0.717, 1.165) is 24.9 Å². The van der Waals surface area contributed by atoms with Gasteiger partial charge in [0.2, 0.25) is 11.6 Å². The van der Waals surface area contributed by atoms with Crippen molar-refractivity contribution in [3.05, 3.63) is 46.1 Å². The van der Waals surface area contributed by atoms with Crippen molar-refractivity contribution < 1.29 is 9.18 Å². The highest BCUT2D eigenvalue weighted by Gasteiger charge is 2.29. The van der Waals surface area contributed by atoms with Crippen LogP contribution in [-0.2, 0) is 6.54 Å². The molecule has 2 heterocycles. The van der Waals surface area contributed by atoms with Gasteiger partial charge in [0.1, 0.15) is 5.82 Å². The molecule has 1 N–H and O–H groups in total. The summed E-state index contributed by atoms with van der Waals surface area (Å²) in [5, 5.41) is 11.0. The lowest BCUT2D eigenvalue weighted by Gasteiger charge is -2.29. The molecule has 8 heteroatoms. The molecule has 0 saturated heterocycles. The second kappa shape index (κ2) is 7.09. The number of rotatable bonds is 3. The normalized spacial score (nSPS) is 21.8. The van der Waals surface area contributed by atoms with Crippen LogP contribution in [0, 0.1) is 11.7 Å². The van der Waals surface area contributed by atoms with Gasteiger partial charge in [-0.15, -0.1) is 10.2 Å². The monoisotopic (exact) mass is 371 g/mol. The Bertz CT molecular complexity index is 911. The average Bonchev–Trinajstić information content (AvgIpc) is 3.09. The minimum absolute atomic E-state index is 0.0708. The number of nitrogens with zero attached hydrogens (tertiary/aromatic N) is 4. The van der Waals surface area contributed by atoms with Crippen molar-refractivity contribution in [3.8, 4) is 0 Å². The van der Waals surface area contributed by atoms with E-state index < -0.39 is 11.5 Å². The van der Waals surface area contributed by atoms with E-state index in [9.17, 15) is 14.0 Å². The number of aromatic nitrogens is 3. The van der Waals surface area contributed by atoms with Crippen LogP contribution in [-0.4, -0.2) is 33.3 Å². The number of carbonyl (C=O) groups is 1. The predicted molar refractivity (Wildman–Crippen MR) is 98.6 cm³/mol. The van der Waals surface area contributed by atoms with Gasteiger partial charge in [0.15, 0.2) is 0 Å². The Morgan fingerprint density at radius 3 is 2.63 bits per heavy atom. The summed E-state index contributed by atoms with van der Waals surface area (Å²) in [6.45, 7) is 3.04. The van der Waals surface area contributed by atoms with E-state index in [2.05, 4.69) is 22.4 Å². The summed E-state index contributed by atoms with van der Waals surface area (Å²) in [6, 6.07) is 6.04. The van der Waals surface area contributed by atoms with Crippen molar-refractivity contribution in [1.29, 1.82) is 0 Å². The summed E-state index contributed by atoms with van der Waals surface area (Å²) in [6.07, 6.45) is 4.25. The smallest absolute Gasteiger partial charge is 0.286 e. The summed E-state index contributed by atoms with van der Waals surface area (Å²) in [5.41, 5.74) is 0.118. The highest BCUT2D eigenvalue weighted by Crippen LogP contribution is 2.27. The van der Waals surface area contributed by atoms with Crippen molar-refractivity contribution in [2.75, 3.05) is 11.4 Å². The fourth-order valence-corrected chi connectivity index (χ4v) is 3.89. The molecule has 2 aromatic rings. The summed E-state index contributed by atoms with van der Waals surface area (Å²) in [4.78, 5) is 27.1. The average molecular weight is 371 g/mol. The first-order chi connectivity index (χ1) is 13.0. The SMILES string of the molecule is C[C@@H]1CCCC[C@H]1NC(=O)c1nnc2n(c1=O)CCN2c1ccc(F)cc1. The van der Waals surface area contributed by atoms with E-state index in [0.29, 0.717) is 25.0 Å². The van der Waals surface area contributed by atoms with Crippen LogP contribution < -0.4 is 15.8 Å². The molecule has 0 spiro atoms. The van der Waals surface area contributed by atoms with Crippen LogP contribution in [0.3, 0.4) is 0 Å². The maximum absolute atomic E-state index is 13.1. The van der Waals surface area contributed by atoms with Crippen LogP contribution in [0.15, 0.2) is 29.1 Å². The van der Waals surface area contributed by atoms with E-state index in [4.69, 9.17) is 0 Å². The topological polar surface area (TPSA) is 80.1 Å². The van der Waals surface area contributed by atoms with Gasteiger partial charge in [-0.2, -0.15) is 0 Å². The maximum atomic E-state index is 13.1. The highest BCUT2D eigenvalue weighted by molar-refractivity contribution is 5.92. The fraction of sp³-hybridized carbons (Fsp3) is 0.474. The number of fused-ring (bicyclic) bond motifs is 1. The molecular weight excluding hydrogens is 349 g/mol. The zero-order valence-electron chi connectivity index (χ0n) is 15.2. The number of anilines is 2. The lowest BCUT2D eigenvalue weighted by Crippen LogP contribution is -2.44. The second-order valence-electron chi connectivity index (χ2n) is 7.28. The van der Waals surface area contributed by atoms with Crippen LogP contribution in [0.25, 0.3) is 0 Å². The Labute approximate surface area is 156 Å². The molecule has 142 valence electrons. The van der Waals surface area contributed by atoms with Crippen molar-refractivity contribution in [1.82, 2.24) is 20.1 Å². The van der Waals surface area contributed by atoms with Crippen molar-refractivity contribution in [2.24, 2.45) is 5.92 Å². The van der Waals surface area contributed by atoms with E-state index in [-0.39, 0.29) is 17.6 Å². The number of halogens is 1. The number of hydrogen-bond acceptors (Lipinski definition) is 5. The fourth-order valence-electron chi connectivity index (χ4n) is 3.89.